The molecule has 1 aliphatic heterocycles. The molecule has 0 fully saturated rings. The molecule has 2 heterocycles. The molecule has 3 N–H and O–H groups in total. The number of aromatic amines is 1. The van der Waals surface area contributed by atoms with E-state index < -0.39 is 0 Å². The van der Waals surface area contributed by atoms with Crippen molar-refractivity contribution < 1.29 is 9.53 Å². The van der Waals surface area contributed by atoms with Crippen LogP contribution in [0, 0.1) is 0 Å². The number of benzene rings is 1. The lowest BCUT2D eigenvalue weighted by atomic mass is 10.0. The van der Waals surface area contributed by atoms with Gasteiger partial charge in [-0.1, -0.05) is 12.1 Å². The van der Waals surface area contributed by atoms with Crippen molar-refractivity contribution in [2.24, 2.45) is 0 Å². The minimum Gasteiger partial charge on any atom is -0.495 e. The van der Waals surface area contributed by atoms with Crippen molar-refractivity contribution in [3.05, 3.63) is 42.0 Å². The second kappa shape index (κ2) is 5.34. The van der Waals surface area contributed by atoms with Crippen LogP contribution in [0.1, 0.15) is 11.4 Å². The number of hydrogen-bond donors (Lipinski definition) is 3. The zero-order chi connectivity index (χ0) is 13.9. The molecule has 104 valence electrons. The van der Waals surface area contributed by atoms with Crippen LogP contribution in [0.25, 0.3) is 0 Å². The predicted octanol–water partition coefficient (Wildman–Crippen LogP) is 1.07. The number of nitrogens with one attached hydrogen (secondary N) is 3. The molecule has 6 nitrogen and oxygen atoms in total. The number of carbonyl (C=O) groups excluding carboxylic acids is 1. The number of anilines is 1. The SMILES string of the molecule is COc1ccccc1NC(=O)C1Cc2nc[nH]c2CN1. The van der Waals surface area contributed by atoms with Crippen LogP contribution in [0.2, 0.25) is 0 Å². The van der Waals surface area contributed by atoms with Gasteiger partial charge >= 0.3 is 0 Å². The maximum Gasteiger partial charge on any atom is 0.242 e. The van der Waals surface area contributed by atoms with E-state index in [0.717, 1.165) is 11.4 Å². The fraction of sp³-hybridized carbons (Fsp3) is 0.286. The van der Waals surface area contributed by atoms with Gasteiger partial charge in [-0.25, -0.2) is 4.98 Å². The highest BCUT2D eigenvalue weighted by Crippen LogP contribution is 2.23. The number of para-hydroxylation sites is 2. The van der Waals surface area contributed by atoms with Crippen LogP contribution < -0.4 is 15.4 Å². The summed E-state index contributed by atoms with van der Waals surface area (Å²) in [6.07, 6.45) is 2.24. The first-order chi connectivity index (χ1) is 9.78. The van der Waals surface area contributed by atoms with Crippen LogP contribution in [-0.4, -0.2) is 29.0 Å². The molecule has 0 saturated heterocycles. The van der Waals surface area contributed by atoms with Crippen molar-refractivity contribution in [1.29, 1.82) is 0 Å². The van der Waals surface area contributed by atoms with Gasteiger partial charge in [0.05, 0.1) is 36.6 Å². The number of ether oxygens (including phenoxy) is 1. The van der Waals surface area contributed by atoms with Crippen molar-refractivity contribution in [3.63, 3.8) is 0 Å². The summed E-state index contributed by atoms with van der Waals surface area (Å²) in [4.78, 5) is 19.6. The van der Waals surface area contributed by atoms with Crippen LogP contribution in [0.3, 0.4) is 0 Å². The van der Waals surface area contributed by atoms with Crippen LogP contribution in [0.4, 0.5) is 5.69 Å². The third-order valence-corrected chi connectivity index (χ3v) is 3.41. The highest BCUT2D eigenvalue weighted by atomic mass is 16.5. The number of rotatable bonds is 3. The highest BCUT2D eigenvalue weighted by molar-refractivity contribution is 5.96. The maximum atomic E-state index is 12.3. The van der Waals surface area contributed by atoms with Crippen molar-refractivity contribution >= 4 is 11.6 Å². The second-order valence-electron chi connectivity index (χ2n) is 4.65. The maximum absolute atomic E-state index is 12.3. The Morgan fingerprint density at radius 1 is 1.45 bits per heavy atom. The number of carbonyl (C=O) groups is 1. The Morgan fingerprint density at radius 2 is 2.30 bits per heavy atom. The zero-order valence-corrected chi connectivity index (χ0v) is 11.1. The summed E-state index contributed by atoms with van der Waals surface area (Å²) in [5, 5.41) is 6.08. The topological polar surface area (TPSA) is 79.0 Å². The van der Waals surface area contributed by atoms with Crippen molar-refractivity contribution in [2.75, 3.05) is 12.4 Å². The second-order valence-corrected chi connectivity index (χ2v) is 4.65. The molecule has 1 atom stereocenters. The van der Waals surface area contributed by atoms with Crippen LogP contribution in [0.15, 0.2) is 30.6 Å². The molecule has 0 spiro atoms. The number of fused-ring (bicyclic) bond motifs is 1. The average Bonchev–Trinajstić information content (AvgIpc) is 2.95. The van der Waals surface area contributed by atoms with Gasteiger partial charge in [0.2, 0.25) is 5.91 Å². The summed E-state index contributed by atoms with van der Waals surface area (Å²) in [5.41, 5.74) is 2.67. The Balaban J connectivity index is 1.71. The molecule has 0 saturated carbocycles. The molecule has 3 rings (SSSR count). The van der Waals surface area contributed by atoms with Gasteiger partial charge in [-0.3, -0.25) is 10.1 Å². The predicted molar refractivity (Wildman–Crippen MR) is 74.5 cm³/mol. The summed E-state index contributed by atoms with van der Waals surface area (Å²) in [6.45, 7) is 0.624. The number of amides is 1. The first-order valence-corrected chi connectivity index (χ1v) is 6.46. The minimum atomic E-state index is -0.282. The van der Waals surface area contributed by atoms with Gasteiger partial charge in [-0.15, -0.1) is 0 Å². The van der Waals surface area contributed by atoms with E-state index >= 15 is 0 Å². The molecule has 1 aromatic carbocycles. The Kier molecular flexibility index (Phi) is 3.39. The molecule has 1 aliphatic rings. The number of hydrogen-bond acceptors (Lipinski definition) is 4. The van der Waals surface area contributed by atoms with Gasteiger partial charge in [-0.2, -0.15) is 0 Å². The number of imidazole rings is 1. The van der Waals surface area contributed by atoms with Gasteiger partial charge in [0, 0.05) is 13.0 Å². The van der Waals surface area contributed by atoms with Gasteiger partial charge in [0.25, 0.3) is 0 Å². The quantitative estimate of drug-likeness (QED) is 0.781. The monoisotopic (exact) mass is 272 g/mol. The summed E-state index contributed by atoms with van der Waals surface area (Å²) in [6, 6.07) is 7.08. The lowest BCUT2D eigenvalue weighted by Crippen LogP contribution is -2.44. The van der Waals surface area contributed by atoms with Gasteiger partial charge < -0.3 is 15.0 Å². The van der Waals surface area contributed by atoms with Crippen molar-refractivity contribution in [2.45, 2.75) is 19.0 Å². The standard InChI is InChI=1S/C14H16N4O2/c1-20-13-5-3-2-4-9(13)18-14(19)11-6-10-12(7-15-11)17-8-16-10/h2-5,8,11,15H,6-7H2,1H3,(H,16,17)(H,18,19). The summed E-state index contributed by atoms with van der Waals surface area (Å²) >= 11 is 0. The molecule has 1 aromatic heterocycles. The molecular formula is C14H16N4O2. The number of aromatic nitrogens is 2. The molecule has 20 heavy (non-hydrogen) atoms. The van der Waals surface area contributed by atoms with E-state index in [0.29, 0.717) is 24.4 Å². The Morgan fingerprint density at radius 3 is 3.15 bits per heavy atom. The van der Waals surface area contributed by atoms with Crippen molar-refractivity contribution in [1.82, 2.24) is 15.3 Å². The lowest BCUT2D eigenvalue weighted by molar-refractivity contribution is -0.118. The largest absolute Gasteiger partial charge is 0.495 e. The Hall–Kier alpha value is -2.34. The molecule has 0 radical (unpaired) electrons. The van der Waals surface area contributed by atoms with Crippen LogP contribution in [-0.2, 0) is 17.8 Å². The van der Waals surface area contributed by atoms with Crippen LogP contribution in [0.5, 0.6) is 5.75 Å². The fourth-order valence-corrected chi connectivity index (χ4v) is 2.32. The first kappa shape index (κ1) is 12.7. The van der Waals surface area contributed by atoms with Gasteiger partial charge in [0.1, 0.15) is 5.75 Å². The van der Waals surface area contributed by atoms with Crippen LogP contribution >= 0.6 is 0 Å². The Labute approximate surface area is 116 Å². The number of nitrogens with zero attached hydrogens (tertiary/aromatic N) is 1. The summed E-state index contributed by atoms with van der Waals surface area (Å²) < 4.78 is 5.22. The molecule has 2 aromatic rings. The van der Waals surface area contributed by atoms with E-state index in [1.165, 1.54) is 0 Å². The van der Waals surface area contributed by atoms with Gasteiger partial charge in [-0.05, 0) is 12.1 Å². The lowest BCUT2D eigenvalue weighted by Gasteiger charge is -2.22. The zero-order valence-electron chi connectivity index (χ0n) is 11.1. The molecule has 1 amide bonds. The summed E-state index contributed by atoms with van der Waals surface area (Å²) in [5.74, 6) is 0.570. The number of methoxy groups -OCH3 is 1. The Bertz CT molecular complexity index is 623. The van der Waals surface area contributed by atoms with E-state index in [-0.39, 0.29) is 11.9 Å². The third-order valence-electron chi connectivity index (χ3n) is 3.41. The van der Waals surface area contributed by atoms with Gasteiger partial charge in [0.15, 0.2) is 0 Å². The fourth-order valence-electron chi connectivity index (χ4n) is 2.32. The molecule has 1 unspecified atom stereocenters. The van der Waals surface area contributed by atoms with E-state index in [2.05, 4.69) is 20.6 Å². The minimum absolute atomic E-state index is 0.0804. The van der Waals surface area contributed by atoms with Crippen molar-refractivity contribution in [3.8, 4) is 5.75 Å². The smallest absolute Gasteiger partial charge is 0.242 e. The molecule has 6 heteroatoms. The highest BCUT2D eigenvalue weighted by Gasteiger charge is 2.26. The first-order valence-electron chi connectivity index (χ1n) is 6.46. The van der Waals surface area contributed by atoms with E-state index in [1.807, 2.05) is 24.3 Å². The number of H-pyrrole nitrogens is 1. The molecular weight excluding hydrogens is 256 g/mol. The average molecular weight is 272 g/mol. The normalized spacial score (nSPS) is 17.4. The molecule has 0 aliphatic carbocycles. The summed E-state index contributed by atoms with van der Waals surface area (Å²) in [7, 11) is 1.58. The molecule has 0 bridgehead atoms. The van der Waals surface area contributed by atoms with E-state index in [4.69, 9.17) is 4.74 Å². The van der Waals surface area contributed by atoms with E-state index in [9.17, 15) is 4.79 Å². The third kappa shape index (κ3) is 2.37. The van der Waals surface area contributed by atoms with E-state index in [1.54, 1.807) is 13.4 Å².